The highest BCUT2D eigenvalue weighted by Gasteiger charge is 2.35. The van der Waals surface area contributed by atoms with Crippen molar-refractivity contribution < 1.29 is 27.1 Å². The van der Waals surface area contributed by atoms with Crippen LogP contribution in [0.25, 0.3) is 0 Å². The Hall–Kier alpha value is -4.41. The smallest absolute Gasteiger partial charge is 0.264 e. The predicted octanol–water partition coefficient (Wildman–Crippen LogP) is 6.38. The molecule has 0 saturated heterocycles. The molecule has 0 aliphatic heterocycles. The minimum absolute atomic E-state index is 0.0139. The standard InChI is InChI=1S/C36H37ClFN3O5S/c1-46-34-21-20-30(23-32(34)37)41(47(44,45)31-14-6-3-7-15-31)25-35(42)40(24-27-16-18-28(38)19-17-27)33(22-26-10-4-2-5-11-26)36(43)39-29-12-8-9-13-29/h2-7,10-11,14-21,23,29,33H,8-9,12-13,22,24-25H2,1H3,(H,39,43). The molecular formula is C36H37ClFN3O5S. The number of methoxy groups -OCH3 is 1. The number of ether oxygens (including phenoxy) is 1. The fourth-order valence-corrected chi connectivity index (χ4v) is 7.45. The Labute approximate surface area is 280 Å². The third-order valence-corrected chi connectivity index (χ3v) is 10.4. The first-order valence-electron chi connectivity index (χ1n) is 15.5. The summed E-state index contributed by atoms with van der Waals surface area (Å²) < 4.78 is 48.4. The molecule has 1 atom stereocenters. The van der Waals surface area contributed by atoms with Gasteiger partial charge < -0.3 is 15.0 Å². The molecule has 8 nitrogen and oxygen atoms in total. The molecular weight excluding hydrogens is 641 g/mol. The van der Waals surface area contributed by atoms with Crippen molar-refractivity contribution in [3.05, 3.63) is 125 Å². The van der Waals surface area contributed by atoms with Gasteiger partial charge in [-0.2, -0.15) is 0 Å². The van der Waals surface area contributed by atoms with Gasteiger partial charge in [0.05, 0.1) is 22.7 Å². The monoisotopic (exact) mass is 677 g/mol. The second-order valence-corrected chi connectivity index (χ2v) is 13.8. The fraction of sp³-hybridized carbons (Fsp3) is 0.278. The Morgan fingerprint density at radius 2 is 1.55 bits per heavy atom. The average Bonchev–Trinajstić information content (AvgIpc) is 3.59. The van der Waals surface area contributed by atoms with E-state index in [0.717, 1.165) is 35.6 Å². The summed E-state index contributed by atoms with van der Waals surface area (Å²) in [5.74, 6) is -1.06. The van der Waals surface area contributed by atoms with E-state index in [1.807, 2.05) is 30.3 Å². The summed E-state index contributed by atoms with van der Waals surface area (Å²) in [7, 11) is -2.84. The Morgan fingerprint density at radius 1 is 0.915 bits per heavy atom. The van der Waals surface area contributed by atoms with Crippen LogP contribution >= 0.6 is 11.6 Å². The van der Waals surface area contributed by atoms with Gasteiger partial charge in [0.25, 0.3) is 10.0 Å². The topological polar surface area (TPSA) is 96.0 Å². The summed E-state index contributed by atoms with van der Waals surface area (Å²) in [6.45, 7) is -0.694. The van der Waals surface area contributed by atoms with Crippen LogP contribution in [0, 0.1) is 5.82 Å². The lowest BCUT2D eigenvalue weighted by atomic mass is 10.0. The van der Waals surface area contributed by atoms with Crippen molar-refractivity contribution in [1.29, 1.82) is 0 Å². The normalized spacial score (nSPS) is 13.9. The van der Waals surface area contributed by atoms with Crippen molar-refractivity contribution in [1.82, 2.24) is 10.2 Å². The van der Waals surface area contributed by atoms with Crippen LogP contribution in [0.2, 0.25) is 5.02 Å². The van der Waals surface area contributed by atoms with E-state index in [1.165, 1.54) is 54.5 Å². The predicted molar refractivity (Wildman–Crippen MR) is 180 cm³/mol. The van der Waals surface area contributed by atoms with Crippen LogP contribution in [0.5, 0.6) is 5.75 Å². The average molecular weight is 678 g/mol. The van der Waals surface area contributed by atoms with Gasteiger partial charge in [0, 0.05) is 19.0 Å². The number of anilines is 1. The molecule has 1 fully saturated rings. The molecule has 4 aromatic rings. The van der Waals surface area contributed by atoms with Gasteiger partial charge in [-0.05, 0) is 66.4 Å². The molecule has 1 aliphatic carbocycles. The van der Waals surface area contributed by atoms with Gasteiger partial charge in [0.2, 0.25) is 11.8 Å². The molecule has 1 N–H and O–H groups in total. The van der Waals surface area contributed by atoms with Crippen LogP contribution < -0.4 is 14.4 Å². The zero-order valence-corrected chi connectivity index (χ0v) is 27.6. The van der Waals surface area contributed by atoms with Crippen molar-refractivity contribution in [3.63, 3.8) is 0 Å². The van der Waals surface area contributed by atoms with Crippen molar-refractivity contribution in [2.45, 2.75) is 55.6 Å². The highest BCUT2D eigenvalue weighted by Crippen LogP contribution is 2.32. The molecule has 11 heteroatoms. The van der Waals surface area contributed by atoms with E-state index in [-0.39, 0.29) is 40.5 Å². The third kappa shape index (κ3) is 8.50. The molecule has 1 aliphatic rings. The van der Waals surface area contributed by atoms with Crippen LogP contribution in [0.3, 0.4) is 0 Å². The van der Waals surface area contributed by atoms with Crippen molar-refractivity contribution in [2.75, 3.05) is 18.0 Å². The molecule has 4 aromatic carbocycles. The molecule has 0 aromatic heterocycles. The van der Waals surface area contributed by atoms with Crippen LogP contribution in [-0.4, -0.2) is 50.9 Å². The summed E-state index contributed by atoms with van der Waals surface area (Å²) in [6, 6.07) is 26.2. The first kappa shape index (κ1) is 33.9. The summed E-state index contributed by atoms with van der Waals surface area (Å²) in [5.41, 5.74) is 1.55. The number of carbonyl (C=O) groups is 2. The molecule has 1 saturated carbocycles. The number of rotatable bonds is 13. The van der Waals surface area contributed by atoms with Crippen LogP contribution in [0.4, 0.5) is 10.1 Å². The second-order valence-electron chi connectivity index (χ2n) is 11.5. The Balaban J connectivity index is 1.57. The Morgan fingerprint density at radius 3 is 2.17 bits per heavy atom. The van der Waals surface area contributed by atoms with E-state index in [9.17, 15) is 22.4 Å². The number of nitrogens with zero attached hydrogens (tertiary/aromatic N) is 2. The maximum absolute atomic E-state index is 14.6. The number of amides is 2. The number of carbonyl (C=O) groups excluding carboxylic acids is 2. The maximum Gasteiger partial charge on any atom is 0.264 e. The van der Waals surface area contributed by atoms with Gasteiger partial charge in [0.1, 0.15) is 24.2 Å². The summed E-state index contributed by atoms with van der Waals surface area (Å²) in [6.07, 6.45) is 3.88. The lowest BCUT2D eigenvalue weighted by Crippen LogP contribution is -2.54. The molecule has 0 radical (unpaired) electrons. The zero-order valence-electron chi connectivity index (χ0n) is 26.0. The largest absolute Gasteiger partial charge is 0.495 e. The minimum atomic E-state index is -4.28. The minimum Gasteiger partial charge on any atom is -0.495 e. The Kier molecular flexibility index (Phi) is 11.2. The number of benzene rings is 4. The molecule has 5 rings (SSSR count). The second kappa shape index (κ2) is 15.5. The van der Waals surface area contributed by atoms with Crippen molar-refractivity contribution in [3.8, 4) is 5.75 Å². The van der Waals surface area contributed by atoms with Gasteiger partial charge >= 0.3 is 0 Å². The molecule has 1 unspecified atom stereocenters. The van der Waals surface area contributed by atoms with Crippen molar-refractivity contribution in [2.24, 2.45) is 0 Å². The molecule has 0 heterocycles. The number of sulfonamides is 1. The fourth-order valence-electron chi connectivity index (χ4n) is 5.77. The van der Waals surface area contributed by atoms with E-state index in [2.05, 4.69) is 5.32 Å². The highest BCUT2D eigenvalue weighted by molar-refractivity contribution is 7.92. The first-order valence-corrected chi connectivity index (χ1v) is 17.3. The lowest BCUT2D eigenvalue weighted by molar-refractivity contribution is -0.140. The van der Waals surface area contributed by atoms with Gasteiger partial charge in [-0.1, -0.05) is 85.1 Å². The number of hydrogen-bond donors (Lipinski definition) is 1. The number of halogens is 2. The van der Waals surface area contributed by atoms with Crippen LogP contribution in [-0.2, 0) is 32.6 Å². The van der Waals surface area contributed by atoms with Gasteiger partial charge in [0.15, 0.2) is 0 Å². The van der Waals surface area contributed by atoms with Crippen molar-refractivity contribution >= 4 is 39.1 Å². The van der Waals surface area contributed by atoms with Crippen LogP contribution in [0.1, 0.15) is 36.8 Å². The molecule has 246 valence electrons. The zero-order chi connectivity index (χ0) is 33.4. The first-order chi connectivity index (χ1) is 22.7. The summed E-state index contributed by atoms with van der Waals surface area (Å²) >= 11 is 6.43. The third-order valence-electron chi connectivity index (χ3n) is 8.27. The van der Waals surface area contributed by atoms with E-state index in [4.69, 9.17) is 16.3 Å². The number of hydrogen-bond acceptors (Lipinski definition) is 5. The highest BCUT2D eigenvalue weighted by atomic mass is 35.5. The van der Waals surface area contributed by atoms with Gasteiger partial charge in [-0.3, -0.25) is 13.9 Å². The summed E-state index contributed by atoms with van der Waals surface area (Å²) in [4.78, 5) is 30.0. The summed E-state index contributed by atoms with van der Waals surface area (Å²) in [5, 5.41) is 3.29. The molecule has 47 heavy (non-hydrogen) atoms. The quantitative estimate of drug-likeness (QED) is 0.177. The van der Waals surface area contributed by atoms with Gasteiger partial charge in [-0.25, -0.2) is 12.8 Å². The maximum atomic E-state index is 14.6. The lowest BCUT2D eigenvalue weighted by Gasteiger charge is -2.34. The Bertz CT molecular complexity index is 1770. The molecule has 0 spiro atoms. The van der Waals surface area contributed by atoms with E-state index < -0.39 is 34.3 Å². The van der Waals surface area contributed by atoms with E-state index in [0.29, 0.717) is 11.3 Å². The molecule has 2 amide bonds. The SMILES string of the molecule is COc1ccc(N(CC(=O)N(Cc2ccc(F)cc2)C(Cc2ccccc2)C(=O)NC2CCCC2)S(=O)(=O)c2ccccc2)cc1Cl. The van der Waals surface area contributed by atoms with E-state index in [1.54, 1.807) is 30.3 Å². The number of nitrogens with one attached hydrogen (secondary N) is 1. The van der Waals surface area contributed by atoms with E-state index >= 15 is 0 Å². The van der Waals surface area contributed by atoms with Crippen LogP contribution in [0.15, 0.2) is 108 Å². The van der Waals surface area contributed by atoms with Gasteiger partial charge in [-0.15, -0.1) is 0 Å². The molecule has 0 bridgehead atoms.